The van der Waals surface area contributed by atoms with Gasteiger partial charge < -0.3 is 4.74 Å². The van der Waals surface area contributed by atoms with Crippen LogP contribution in [0.4, 0.5) is 5.69 Å². The Kier molecular flexibility index (Phi) is 9.53. The van der Waals surface area contributed by atoms with E-state index in [-0.39, 0.29) is 21.9 Å². The fraction of sp³-hybridized carbons (Fsp3) is 0.222. The van der Waals surface area contributed by atoms with Gasteiger partial charge in [-0.25, -0.2) is 0 Å². The molecule has 0 heterocycles. The molecule has 0 radical (unpaired) electrons. The van der Waals surface area contributed by atoms with Crippen molar-refractivity contribution in [3.63, 3.8) is 0 Å². The molecule has 0 aliphatic rings. The molecule has 8 nitrogen and oxygen atoms in total. The van der Waals surface area contributed by atoms with E-state index in [9.17, 15) is 17.4 Å². The van der Waals surface area contributed by atoms with E-state index < -0.39 is 14.2 Å². The minimum absolute atomic E-state index is 0.103. The van der Waals surface area contributed by atoms with Crippen LogP contribution in [0, 0.1) is 0 Å². The topological polar surface area (TPSA) is 122 Å². The molecule has 1 atom stereocenters. The van der Waals surface area contributed by atoms with Crippen molar-refractivity contribution in [3.05, 3.63) is 60.2 Å². The molecule has 0 fully saturated rings. The molecule has 2 aromatic rings. The molecule has 146 valence electrons. The molecule has 0 saturated heterocycles. The molecule has 27 heavy (non-hydrogen) atoms. The number of methoxy groups -OCH3 is 1. The predicted molar refractivity (Wildman–Crippen MR) is 99.5 cm³/mol. The number of benzene rings is 2. The van der Waals surface area contributed by atoms with Gasteiger partial charge in [-0.3, -0.25) is 4.79 Å². The van der Waals surface area contributed by atoms with Gasteiger partial charge in [-0.2, -0.15) is 0 Å². The van der Waals surface area contributed by atoms with Crippen LogP contribution in [-0.4, -0.2) is 42.5 Å². The van der Waals surface area contributed by atoms with Crippen LogP contribution in [0.1, 0.15) is 18.9 Å². The van der Waals surface area contributed by atoms with Crippen LogP contribution in [0.2, 0.25) is 0 Å². The fourth-order valence-electron chi connectivity index (χ4n) is 2.05. The summed E-state index contributed by atoms with van der Waals surface area (Å²) in [6, 6.07) is 15.7. The van der Waals surface area contributed by atoms with Gasteiger partial charge in [0, 0.05) is 6.42 Å². The Bertz CT molecular complexity index is 795. The Hall–Kier alpha value is -2.38. The maximum atomic E-state index is 11.4. The summed E-state index contributed by atoms with van der Waals surface area (Å²) in [7, 11) is 1.41. The molecule has 2 aromatic carbocycles. The monoisotopic (exact) mass is 439 g/mol. The van der Waals surface area contributed by atoms with Crippen LogP contribution < -0.4 is 9.67 Å². The molecule has 1 amide bonds. The molecular weight excluding hydrogens is 417 g/mol. The van der Waals surface area contributed by atoms with E-state index in [1.54, 1.807) is 6.07 Å². The van der Waals surface area contributed by atoms with Gasteiger partial charge in [-0.05, 0) is 12.0 Å². The molecule has 0 aromatic heterocycles. The van der Waals surface area contributed by atoms with Gasteiger partial charge in [-0.1, -0.05) is 30.3 Å². The van der Waals surface area contributed by atoms with Gasteiger partial charge in [0.2, 0.25) is 0 Å². The van der Waals surface area contributed by atoms with Gasteiger partial charge in [0.25, 0.3) is 0 Å². The number of hydrogen-bond acceptors (Lipinski definition) is 6. The van der Waals surface area contributed by atoms with Crippen molar-refractivity contribution in [2.24, 2.45) is 0 Å². The zero-order chi connectivity index (χ0) is 20.3. The molecule has 1 unspecified atom stereocenters. The standard InChI is InChI=1S/C10H12O2.C8H10AsNO5/c1-12-10(11)8-7-9-5-3-2-4-6-9;1-6(11)10-8-5-3-2-4-7(8)9(12,13)15-14/h2-6H,7-8H2,1H3;2-5,14H,1H3,(H,10,11)(H,12,13). The van der Waals surface area contributed by atoms with E-state index in [1.807, 2.05) is 30.3 Å². The molecule has 0 bridgehead atoms. The zero-order valence-corrected chi connectivity index (χ0v) is 16.9. The Morgan fingerprint density at radius 2 is 1.67 bits per heavy atom. The normalized spacial score (nSPS) is 12.1. The van der Waals surface area contributed by atoms with Crippen LogP contribution in [0.25, 0.3) is 0 Å². The molecule has 0 saturated carbocycles. The number of ether oxygens (including phenoxy) is 1. The fourth-order valence-corrected chi connectivity index (χ4v) is 3.73. The summed E-state index contributed by atoms with van der Waals surface area (Å²) >= 11 is -4.92. The van der Waals surface area contributed by atoms with E-state index in [1.165, 1.54) is 37.8 Å². The van der Waals surface area contributed by atoms with Crippen LogP contribution in [-0.2, 0) is 28.4 Å². The predicted octanol–water partition coefficient (Wildman–Crippen LogP) is 1.50. The van der Waals surface area contributed by atoms with Crippen molar-refractivity contribution in [1.29, 1.82) is 0 Å². The number of carbonyl (C=O) groups is 2. The first-order valence-electron chi connectivity index (χ1n) is 7.94. The van der Waals surface area contributed by atoms with Crippen molar-refractivity contribution < 1.29 is 31.3 Å². The summed E-state index contributed by atoms with van der Waals surface area (Å²) in [5.41, 5.74) is 1.33. The van der Waals surface area contributed by atoms with E-state index in [4.69, 9.17) is 5.26 Å². The van der Waals surface area contributed by atoms with E-state index >= 15 is 0 Å². The largest absolute Gasteiger partial charge is 0.469 e. The molecule has 3 N–H and O–H groups in total. The van der Waals surface area contributed by atoms with Crippen LogP contribution in [0.15, 0.2) is 54.6 Å². The van der Waals surface area contributed by atoms with Crippen molar-refractivity contribution in [3.8, 4) is 0 Å². The number of para-hydroxylation sites is 1. The molecule has 0 aliphatic carbocycles. The maximum absolute atomic E-state index is 11.4. The average molecular weight is 439 g/mol. The third kappa shape index (κ3) is 8.23. The first-order chi connectivity index (χ1) is 12.8. The number of amides is 1. The second-order valence-electron chi connectivity index (χ2n) is 5.36. The van der Waals surface area contributed by atoms with E-state index in [2.05, 4.69) is 13.9 Å². The number of carbonyl (C=O) groups excluding carboxylic acids is 2. The Labute approximate surface area is 160 Å². The number of aryl methyl sites for hydroxylation is 1. The van der Waals surface area contributed by atoms with Gasteiger partial charge in [-0.15, -0.1) is 0 Å². The average Bonchev–Trinajstić information content (AvgIpc) is 2.67. The molecule has 0 aliphatic heterocycles. The van der Waals surface area contributed by atoms with Crippen molar-refractivity contribution in [2.75, 3.05) is 12.4 Å². The number of hydrogen-bond donors (Lipinski definition) is 3. The van der Waals surface area contributed by atoms with Crippen molar-refractivity contribution in [2.45, 2.75) is 19.8 Å². The quantitative estimate of drug-likeness (QED) is 0.270. The van der Waals surface area contributed by atoms with Gasteiger partial charge in [0.1, 0.15) is 0 Å². The first kappa shape index (κ1) is 22.7. The molecular formula is C18H22AsNO7. The minimum Gasteiger partial charge on any atom is -0.469 e. The van der Waals surface area contributed by atoms with Gasteiger partial charge in [0.15, 0.2) is 0 Å². The maximum Gasteiger partial charge on any atom is 0.305 e. The minimum atomic E-state index is -4.92. The molecule has 0 spiro atoms. The van der Waals surface area contributed by atoms with E-state index in [0.29, 0.717) is 6.42 Å². The summed E-state index contributed by atoms with van der Waals surface area (Å²) in [5.74, 6) is -0.533. The summed E-state index contributed by atoms with van der Waals surface area (Å²) in [6.45, 7) is 1.27. The third-order valence-corrected chi connectivity index (χ3v) is 5.88. The van der Waals surface area contributed by atoms with Crippen LogP contribution in [0.5, 0.6) is 0 Å². The van der Waals surface area contributed by atoms with Gasteiger partial charge >= 0.3 is 94.4 Å². The third-order valence-electron chi connectivity index (χ3n) is 3.32. The number of esters is 1. The first-order valence-corrected chi connectivity index (χ1v) is 11.2. The molecule has 2 rings (SSSR count). The van der Waals surface area contributed by atoms with Crippen LogP contribution >= 0.6 is 0 Å². The summed E-state index contributed by atoms with van der Waals surface area (Å²) < 4.78 is 28.7. The SMILES string of the molecule is CC(=O)Nc1ccccc1[As](=O)(O)OO.COC(=O)CCc1ccccc1. The Morgan fingerprint density at radius 3 is 2.22 bits per heavy atom. The number of anilines is 1. The smallest absolute Gasteiger partial charge is 0.305 e. The summed E-state index contributed by atoms with van der Waals surface area (Å²) in [5, 5.41) is 10.7. The second-order valence-corrected chi connectivity index (χ2v) is 8.90. The summed E-state index contributed by atoms with van der Waals surface area (Å²) in [6.07, 6.45) is 1.22. The summed E-state index contributed by atoms with van der Waals surface area (Å²) in [4.78, 5) is 21.6. The van der Waals surface area contributed by atoms with Crippen molar-refractivity contribution in [1.82, 2.24) is 0 Å². The van der Waals surface area contributed by atoms with Gasteiger partial charge in [0.05, 0.1) is 7.11 Å². The second kappa shape index (κ2) is 11.4. The van der Waals surface area contributed by atoms with Crippen molar-refractivity contribution >= 4 is 36.1 Å². The van der Waals surface area contributed by atoms with E-state index in [0.717, 1.165) is 6.42 Å². The zero-order valence-electron chi connectivity index (χ0n) is 15.0. The van der Waals surface area contributed by atoms with Crippen LogP contribution in [0.3, 0.4) is 0 Å². The number of rotatable bonds is 6. The number of nitrogens with one attached hydrogen (secondary N) is 1. The Balaban J connectivity index is 0.000000277. The molecule has 9 heteroatoms. The Morgan fingerprint density at radius 1 is 1.07 bits per heavy atom.